The monoisotopic (exact) mass is 397 g/mol. The first kappa shape index (κ1) is 20.0. The van der Waals surface area contributed by atoms with Crippen LogP contribution in [0, 0.1) is 5.92 Å². The number of ether oxygens (including phenoxy) is 1. The summed E-state index contributed by atoms with van der Waals surface area (Å²) in [6.45, 7) is 6.50. The summed E-state index contributed by atoms with van der Waals surface area (Å²) in [5.74, 6) is 1.41. The number of fused-ring (bicyclic) bond motifs is 1. The number of carbonyl (C=O) groups excluding carboxylic acids is 1. The lowest BCUT2D eigenvalue weighted by molar-refractivity contribution is 0.104. The number of carbonyl (C=O) groups is 1. The lowest BCUT2D eigenvalue weighted by Gasteiger charge is -2.16. The molecule has 0 radical (unpaired) electrons. The number of para-hydroxylation sites is 1. The highest BCUT2D eigenvalue weighted by Gasteiger charge is 2.14. The van der Waals surface area contributed by atoms with E-state index in [1.807, 2.05) is 55.5 Å². The fourth-order valence-electron chi connectivity index (χ4n) is 3.77. The van der Waals surface area contributed by atoms with Crippen molar-refractivity contribution in [1.82, 2.24) is 4.98 Å². The Labute approximate surface area is 177 Å². The normalized spacial score (nSPS) is 12.3. The van der Waals surface area contributed by atoms with Gasteiger partial charge in [0.05, 0.1) is 0 Å². The molecule has 152 valence electrons. The highest BCUT2D eigenvalue weighted by Crippen LogP contribution is 2.25. The van der Waals surface area contributed by atoms with Crippen LogP contribution in [-0.2, 0) is 6.42 Å². The number of aromatic nitrogens is 1. The van der Waals surface area contributed by atoms with E-state index >= 15 is 0 Å². The quantitative estimate of drug-likeness (QED) is 0.351. The van der Waals surface area contributed by atoms with Crippen LogP contribution in [0.3, 0.4) is 0 Å². The fourth-order valence-corrected chi connectivity index (χ4v) is 3.77. The van der Waals surface area contributed by atoms with Gasteiger partial charge in [-0.3, -0.25) is 4.79 Å². The first-order valence-electron chi connectivity index (χ1n) is 10.5. The first-order chi connectivity index (χ1) is 14.5. The third kappa shape index (κ3) is 4.30. The minimum Gasteiger partial charge on any atom is -0.486 e. The topological polar surface area (TPSA) is 42.1 Å². The summed E-state index contributed by atoms with van der Waals surface area (Å²) in [6, 6.07) is 23.9. The molecule has 0 saturated heterocycles. The molecule has 0 bridgehead atoms. The Balaban J connectivity index is 1.45. The Morgan fingerprint density at radius 2 is 1.60 bits per heavy atom. The van der Waals surface area contributed by atoms with Crippen LogP contribution in [-0.4, -0.2) is 10.8 Å². The van der Waals surface area contributed by atoms with Crippen molar-refractivity contribution in [3.8, 4) is 5.75 Å². The van der Waals surface area contributed by atoms with E-state index in [-0.39, 0.29) is 11.9 Å². The molecule has 0 aliphatic rings. The third-order valence-corrected chi connectivity index (χ3v) is 5.36. The van der Waals surface area contributed by atoms with Crippen LogP contribution in [0.25, 0.3) is 10.9 Å². The van der Waals surface area contributed by atoms with Gasteiger partial charge in [0.1, 0.15) is 11.9 Å². The number of aromatic amines is 1. The molecular formula is C27H27NO2. The Kier molecular flexibility index (Phi) is 5.71. The van der Waals surface area contributed by atoms with Gasteiger partial charge in [-0.25, -0.2) is 0 Å². The molecule has 4 aromatic rings. The summed E-state index contributed by atoms with van der Waals surface area (Å²) in [5, 5.41) is 0.942. The molecule has 0 saturated carbocycles. The van der Waals surface area contributed by atoms with Gasteiger partial charge >= 0.3 is 0 Å². The second-order valence-corrected chi connectivity index (χ2v) is 8.20. The van der Waals surface area contributed by atoms with Gasteiger partial charge in [-0.15, -0.1) is 0 Å². The summed E-state index contributed by atoms with van der Waals surface area (Å²) in [5.41, 5.74) is 4.79. The van der Waals surface area contributed by atoms with E-state index in [2.05, 4.69) is 43.1 Å². The van der Waals surface area contributed by atoms with E-state index in [1.165, 1.54) is 5.56 Å². The van der Waals surface area contributed by atoms with Gasteiger partial charge in [0.25, 0.3) is 0 Å². The molecule has 3 aromatic carbocycles. The van der Waals surface area contributed by atoms with Gasteiger partial charge in [0.15, 0.2) is 5.78 Å². The molecule has 1 aromatic heterocycles. The smallest absolute Gasteiger partial charge is 0.195 e. The van der Waals surface area contributed by atoms with E-state index in [0.29, 0.717) is 17.0 Å². The van der Waals surface area contributed by atoms with Crippen molar-refractivity contribution in [2.24, 2.45) is 5.92 Å². The molecule has 1 heterocycles. The van der Waals surface area contributed by atoms with E-state index in [4.69, 9.17) is 4.74 Å². The first-order valence-corrected chi connectivity index (χ1v) is 10.5. The summed E-state index contributed by atoms with van der Waals surface area (Å²) < 4.78 is 6.10. The van der Waals surface area contributed by atoms with Gasteiger partial charge in [-0.05, 0) is 60.7 Å². The van der Waals surface area contributed by atoms with Gasteiger partial charge in [-0.2, -0.15) is 0 Å². The van der Waals surface area contributed by atoms with Crippen LogP contribution in [0.2, 0.25) is 0 Å². The number of nitrogens with one attached hydrogen (secondary N) is 1. The SMILES string of the molecule is CC(C)Cc1ccc([C@H](C)Oc2ccc(C(=O)c3c[nH]c4ccccc34)cc2)cc1. The molecule has 0 fully saturated rings. The summed E-state index contributed by atoms with van der Waals surface area (Å²) in [6.07, 6.45) is 2.80. The highest BCUT2D eigenvalue weighted by molar-refractivity contribution is 6.16. The predicted octanol–water partition coefficient (Wildman–Crippen LogP) is 6.74. The van der Waals surface area contributed by atoms with Crippen LogP contribution >= 0.6 is 0 Å². The number of hydrogen-bond acceptors (Lipinski definition) is 2. The van der Waals surface area contributed by atoms with Gasteiger partial charge in [0.2, 0.25) is 0 Å². The Bertz CT molecular complexity index is 1140. The number of hydrogen-bond donors (Lipinski definition) is 1. The van der Waals surface area contributed by atoms with E-state index < -0.39 is 0 Å². The number of benzene rings is 3. The van der Waals surface area contributed by atoms with Crippen molar-refractivity contribution in [3.63, 3.8) is 0 Å². The van der Waals surface area contributed by atoms with Gasteiger partial charge in [0, 0.05) is 28.2 Å². The molecule has 1 atom stereocenters. The van der Waals surface area contributed by atoms with Crippen LogP contribution in [0.5, 0.6) is 5.75 Å². The van der Waals surface area contributed by atoms with Crippen molar-refractivity contribution in [2.75, 3.05) is 0 Å². The molecule has 3 heteroatoms. The predicted molar refractivity (Wildman–Crippen MR) is 122 cm³/mol. The maximum Gasteiger partial charge on any atom is 0.195 e. The van der Waals surface area contributed by atoms with Gasteiger partial charge < -0.3 is 9.72 Å². The fraction of sp³-hybridized carbons (Fsp3) is 0.222. The summed E-state index contributed by atoms with van der Waals surface area (Å²) in [4.78, 5) is 16.1. The molecule has 0 unspecified atom stereocenters. The maximum absolute atomic E-state index is 12.9. The van der Waals surface area contributed by atoms with Crippen LogP contribution < -0.4 is 4.74 Å². The van der Waals surface area contributed by atoms with Crippen LogP contribution in [0.1, 0.15) is 53.9 Å². The van der Waals surface area contributed by atoms with Crippen molar-refractivity contribution < 1.29 is 9.53 Å². The average molecular weight is 398 g/mol. The molecule has 4 rings (SSSR count). The Hall–Kier alpha value is -3.33. The van der Waals surface area contributed by atoms with Crippen molar-refractivity contribution in [1.29, 1.82) is 0 Å². The second kappa shape index (κ2) is 8.58. The second-order valence-electron chi connectivity index (χ2n) is 8.20. The molecular weight excluding hydrogens is 370 g/mol. The van der Waals surface area contributed by atoms with E-state index in [9.17, 15) is 4.79 Å². The lowest BCUT2D eigenvalue weighted by atomic mass is 10.0. The van der Waals surface area contributed by atoms with Crippen LogP contribution in [0.4, 0.5) is 0 Å². The standard InChI is InChI=1S/C27H27NO2/c1-18(2)16-20-8-10-21(11-9-20)19(3)30-23-14-12-22(13-15-23)27(29)25-17-28-26-7-5-4-6-24(25)26/h4-15,17-19,28H,16H2,1-3H3/t19-/m0/s1. The highest BCUT2D eigenvalue weighted by atomic mass is 16.5. The Morgan fingerprint density at radius 3 is 2.30 bits per heavy atom. The number of H-pyrrole nitrogens is 1. The maximum atomic E-state index is 12.9. The zero-order valence-corrected chi connectivity index (χ0v) is 17.7. The number of rotatable bonds is 7. The molecule has 0 spiro atoms. The summed E-state index contributed by atoms with van der Waals surface area (Å²) >= 11 is 0. The van der Waals surface area contributed by atoms with Crippen LogP contribution in [0.15, 0.2) is 79.0 Å². The lowest BCUT2D eigenvalue weighted by Crippen LogP contribution is -2.04. The van der Waals surface area contributed by atoms with E-state index in [0.717, 1.165) is 28.6 Å². The largest absolute Gasteiger partial charge is 0.486 e. The molecule has 0 aliphatic heterocycles. The summed E-state index contributed by atoms with van der Waals surface area (Å²) in [7, 11) is 0. The van der Waals surface area contributed by atoms with Crippen molar-refractivity contribution >= 4 is 16.7 Å². The third-order valence-electron chi connectivity index (χ3n) is 5.36. The Morgan fingerprint density at radius 1 is 0.900 bits per heavy atom. The molecule has 30 heavy (non-hydrogen) atoms. The minimum absolute atomic E-state index is 0.00721. The molecule has 1 N–H and O–H groups in total. The minimum atomic E-state index is -0.0618. The van der Waals surface area contributed by atoms with Gasteiger partial charge in [-0.1, -0.05) is 56.3 Å². The molecule has 3 nitrogen and oxygen atoms in total. The van der Waals surface area contributed by atoms with Crippen molar-refractivity contribution in [3.05, 3.63) is 101 Å². The zero-order chi connectivity index (χ0) is 21.1. The van der Waals surface area contributed by atoms with Crippen molar-refractivity contribution in [2.45, 2.75) is 33.3 Å². The average Bonchev–Trinajstić information content (AvgIpc) is 3.18. The zero-order valence-electron chi connectivity index (χ0n) is 17.7. The molecule has 0 aliphatic carbocycles. The number of ketones is 1. The van der Waals surface area contributed by atoms with E-state index in [1.54, 1.807) is 6.20 Å². The molecule has 0 amide bonds.